The molecule has 0 aliphatic rings. The lowest BCUT2D eigenvalue weighted by atomic mass is 10.1. The van der Waals surface area contributed by atoms with E-state index in [1.165, 1.54) is 10.6 Å². The normalized spacial score (nSPS) is 11.7. The van der Waals surface area contributed by atoms with Crippen LogP contribution in [-0.4, -0.2) is 42.1 Å². The van der Waals surface area contributed by atoms with Crippen LogP contribution >= 0.6 is 0 Å². The summed E-state index contributed by atoms with van der Waals surface area (Å²) in [6.45, 7) is 0.857. The van der Waals surface area contributed by atoms with Gasteiger partial charge in [0.1, 0.15) is 0 Å². The maximum absolute atomic E-state index is 12.2. The number of sulfonamides is 1. The lowest BCUT2D eigenvalue weighted by Crippen LogP contribution is -2.29. The van der Waals surface area contributed by atoms with Crippen molar-refractivity contribution in [3.63, 3.8) is 0 Å². The highest BCUT2D eigenvalue weighted by Gasteiger charge is 2.18. The molecule has 7 nitrogen and oxygen atoms in total. The average molecular weight is 392 g/mol. The van der Waals surface area contributed by atoms with Gasteiger partial charge in [0.25, 0.3) is 0 Å². The number of hydrogen-bond acceptors (Lipinski definition) is 5. The van der Waals surface area contributed by atoms with Crippen molar-refractivity contribution >= 4 is 16.0 Å². The Bertz CT molecular complexity index is 866. The van der Waals surface area contributed by atoms with Crippen LogP contribution in [-0.2, 0) is 45.7 Å². The highest BCUT2D eigenvalue weighted by molar-refractivity contribution is 7.88. The van der Waals surface area contributed by atoms with Gasteiger partial charge in [-0.1, -0.05) is 30.3 Å². The quantitative estimate of drug-likeness (QED) is 0.666. The number of aromatic nitrogens is 1. The molecule has 0 bridgehead atoms. The van der Waals surface area contributed by atoms with E-state index in [1.807, 2.05) is 24.3 Å². The molecule has 8 heteroatoms. The predicted molar refractivity (Wildman–Crippen MR) is 101 cm³/mol. The summed E-state index contributed by atoms with van der Waals surface area (Å²) in [6.07, 6.45) is 1.46. The largest absolute Gasteiger partial charge is 0.481 e. The first-order valence-electron chi connectivity index (χ1n) is 8.46. The Labute approximate surface area is 159 Å². The number of carboxylic acids is 1. The zero-order valence-electron chi connectivity index (χ0n) is 15.5. The van der Waals surface area contributed by atoms with Crippen molar-refractivity contribution < 1.29 is 23.1 Å². The van der Waals surface area contributed by atoms with E-state index in [-0.39, 0.29) is 19.5 Å². The molecule has 0 saturated heterocycles. The number of rotatable bonds is 10. The molecule has 0 atom stereocenters. The molecule has 1 heterocycles. The molecule has 0 radical (unpaired) electrons. The zero-order valence-corrected chi connectivity index (χ0v) is 16.3. The first-order chi connectivity index (χ1) is 12.8. The van der Waals surface area contributed by atoms with Crippen molar-refractivity contribution in [2.75, 3.05) is 13.4 Å². The van der Waals surface area contributed by atoms with Crippen LogP contribution in [0.25, 0.3) is 0 Å². The van der Waals surface area contributed by atoms with Gasteiger partial charge < -0.3 is 9.84 Å². The molecule has 0 aliphatic carbocycles. The fourth-order valence-electron chi connectivity index (χ4n) is 2.57. The zero-order chi connectivity index (χ0) is 19.9. The number of carboxylic acid groups (broad SMARTS) is 1. The van der Waals surface area contributed by atoms with Crippen molar-refractivity contribution in [2.24, 2.45) is 0 Å². The molecule has 146 valence electrons. The van der Waals surface area contributed by atoms with Crippen LogP contribution in [0.4, 0.5) is 0 Å². The Balaban J connectivity index is 2.13. The van der Waals surface area contributed by atoms with Gasteiger partial charge >= 0.3 is 5.97 Å². The van der Waals surface area contributed by atoms with E-state index in [9.17, 15) is 13.2 Å². The minimum Gasteiger partial charge on any atom is -0.481 e. The molecule has 1 N–H and O–H groups in total. The second kappa shape index (κ2) is 9.59. The van der Waals surface area contributed by atoms with E-state index in [1.54, 1.807) is 25.3 Å². The van der Waals surface area contributed by atoms with Crippen molar-refractivity contribution in [1.29, 1.82) is 0 Å². The molecule has 0 fully saturated rings. The van der Waals surface area contributed by atoms with E-state index >= 15 is 0 Å². The van der Waals surface area contributed by atoms with Crippen molar-refractivity contribution in [3.05, 3.63) is 65.0 Å². The summed E-state index contributed by atoms with van der Waals surface area (Å²) in [5, 5.41) is 8.79. The van der Waals surface area contributed by atoms with Crippen molar-refractivity contribution in [3.8, 4) is 0 Å². The van der Waals surface area contributed by atoms with E-state index < -0.39 is 16.0 Å². The number of benzene rings is 1. The lowest BCUT2D eigenvalue weighted by molar-refractivity contribution is -0.136. The van der Waals surface area contributed by atoms with Gasteiger partial charge in [0.2, 0.25) is 10.0 Å². The predicted octanol–water partition coefficient (Wildman–Crippen LogP) is 2.21. The van der Waals surface area contributed by atoms with Crippen LogP contribution in [0.3, 0.4) is 0 Å². The number of methoxy groups -OCH3 is 1. The fraction of sp³-hybridized carbons (Fsp3) is 0.368. The molecular weight excluding hydrogens is 368 g/mol. The standard InChI is InChI=1S/C19H24N2O5S/c1-26-14-16-8-6-15(7-9-16)12-21(27(2,24)25)13-18-5-3-4-17(20-18)10-11-19(22)23/h3-9H,10-14H2,1-2H3,(H,22,23). The highest BCUT2D eigenvalue weighted by atomic mass is 32.2. The molecule has 0 saturated carbocycles. The fourth-order valence-corrected chi connectivity index (χ4v) is 3.32. The van der Waals surface area contributed by atoms with E-state index in [0.717, 1.165) is 11.1 Å². The third kappa shape index (κ3) is 7.09. The van der Waals surface area contributed by atoms with Gasteiger partial charge in [-0.15, -0.1) is 0 Å². The van der Waals surface area contributed by atoms with Crippen LogP contribution in [0.15, 0.2) is 42.5 Å². The van der Waals surface area contributed by atoms with Crippen LogP contribution < -0.4 is 0 Å². The lowest BCUT2D eigenvalue weighted by Gasteiger charge is -2.20. The van der Waals surface area contributed by atoms with Crippen LogP contribution in [0.1, 0.15) is 28.9 Å². The molecule has 2 rings (SSSR count). The number of pyridine rings is 1. The van der Waals surface area contributed by atoms with Gasteiger partial charge in [-0.05, 0) is 23.3 Å². The number of aliphatic carboxylic acids is 1. The average Bonchev–Trinajstić information content (AvgIpc) is 2.61. The van der Waals surface area contributed by atoms with Crippen molar-refractivity contribution in [1.82, 2.24) is 9.29 Å². The second-order valence-corrected chi connectivity index (χ2v) is 8.28. The Morgan fingerprint density at radius 3 is 2.30 bits per heavy atom. The van der Waals surface area contributed by atoms with Crippen LogP contribution in [0.2, 0.25) is 0 Å². The third-order valence-corrected chi connectivity index (χ3v) is 5.16. The number of carbonyl (C=O) groups is 1. The van der Waals surface area contributed by atoms with Gasteiger partial charge in [-0.3, -0.25) is 9.78 Å². The number of hydrogen-bond donors (Lipinski definition) is 1. The van der Waals surface area contributed by atoms with Gasteiger partial charge in [-0.2, -0.15) is 4.31 Å². The number of ether oxygens (including phenoxy) is 1. The van der Waals surface area contributed by atoms with Gasteiger partial charge in [0, 0.05) is 25.8 Å². The minimum absolute atomic E-state index is 0.0138. The van der Waals surface area contributed by atoms with E-state index in [0.29, 0.717) is 24.4 Å². The summed E-state index contributed by atoms with van der Waals surface area (Å²) in [6, 6.07) is 12.8. The van der Waals surface area contributed by atoms with Gasteiger partial charge in [0.05, 0.1) is 31.5 Å². The maximum atomic E-state index is 12.2. The summed E-state index contributed by atoms with van der Waals surface area (Å²) in [5.41, 5.74) is 3.09. The Morgan fingerprint density at radius 2 is 1.70 bits per heavy atom. The summed E-state index contributed by atoms with van der Waals surface area (Å²) in [4.78, 5) is 15.1. The van der Waals surface area contributed by atoms with Gasteiger partial charge in [0.15, 0.2) is 0 Å². The first-order valence-corrected chi connectivity index (χ1v) is 10.3. The Hall–Kier alpha value is -2.29. The smallest absolute Gasteiger partial charge is 0.303 e. The first kappa shape index (κ1) is 21.0. The highest BCUT2D eigenvalue weighted by Crippen LogP contribution is 2.14. The molecule has 1 aromatic heterocycles. The molecular formula is C19H24N2O5S. The van der Waals surface area contributed by atoms with Crippen molar-refractivity contribution in [2.45, 2.75) is 32.5 Å². The molecule has 2 aromatic rings. The molecule has 0 amide bonds. The summed E-state index contributed by atoms with van der Waals surface area (Å²) in [5.74, 6) is -0.892. The molecule has 0 unspecified atom stereocenters. The molecule has 27 heavy (non-hydrogen) atoms. The summed E-state index contributed by atoms with van der Waals surface area (Å²) >= 11 is 0. The van der Waals surface area contributed by atoms with E-state index in [2.05, 4.69) is 4.98 Å². The second-order valence-electron chi connectivity index (χ2n) is 6.29. The number of aryl methyl sites for hydroxylation is 1. The van der Waals surface area contributed by atoms with Gasteiger partial charge in [-0.25, -0.2) is 8.42 Å². The number of nitrogens with zero attached hydrogens (tertiary/aromatic N) is 2. The molecule has 0 spiro atoms. The topological polar surface area (TPSA) is 96.8 Å². The molecule has 0 aliphatic heterocycles. The van der Waals surface area contributed by atoms with E-state index in [4.69, 9.17) is 9.84 Å². The minimum atomic E-state index is -3.45. The molecule has 1 aromatic carbocycles. The monoisotopic (exact) mass is 392 g/mol. The summed E-state index contributed by atoms with van der Waals surface area (Å²) in [7, 11) is -1.82. The SMILES string of the molecule is COCc1ccc(CN(Cc2cccc(CCC(=O)O)n2)S(C)(=O)=O)cc1. The summed E-state index contributed by atoms with van der Waals surface area (Å²) < 4.78 is 30.8. The Kier molecular flexibility index (Phi) is 7.46. The Morgan fingerprint density at radius 1 is 1.07 bits per heavy atom. The maximum Gasteiger partial charge on any atom is 0.303 e. The van der Waals surface area contributed by atoms with Crippen LogP contribution in [0, 0.1) is 0 Å². The third-order valence-electron chi connectivity index (χ3n) is 3.96. The van der Waals surface area contributed by atoms with Crippen LogP contribution in [0.5, 0.6) is 0 Å².